The number of fused-ring (bicyclic) bond motifs is 1. The topological polar surface area (TPSA) is 90.8 Å². The Morgan fingerprint density at radius 3 is 2.38 bits per heavy atom. The highest BCUT2D eigenvalue weighted by atomic mass is 19.4. The lowest BCUT2D eigenvalue weighted by Gasteiger charge is -2.38. The fourth-order valence-electron chi connectivity index (χ4n) is 5.61. The number of nitrogens with zero attached hydrogens (tertiary/aromatic N) is 5. The van der Waals surface area contributed by atoms with E-state index in [2.05, 4.69) is 10.4 Å². The Morgan fingerprint density at radius 2 is 1.70 bits per heavy atom. The van der Waals surface area contributed by atoms with E-state index in [1.165, 1.54) is 21.9 Å². The first kappa shape index (κ1) is 33.1. The van der Waals surface area contributed by atoms with Crippen LogP contribution in [0.5, 0.6) is 0 Å². The number of hydrogen-bond acceptors (Lipinski definition) is 5. The fraction of sp³-hybridized carbons (Fsp3) is 0.257. The zero-order valence-corrected chi connectivity index (χ0v) is 26.4. The zero-order chi connectivity index (χ0) is 33.9. The summed E-state index contributed by atoms with van der Waals surface area (Å²) in [6.45, 7) is 2.61. The van der Waals surface area contributed by atoms with Crippen LogP contribution in [0.4, 0.5) is 24.7 Å². The van der Waals surface area contributed by atoms with Gasteiger partial charge in [-0.15, -0.1) is 0 Å². The second-order valence-electron chi connectivity index (χ2n) is 11.4. The molecule has 0 spiro atoms. The Morgan fingerprint density at radius 1 is 0.979 bits per heavy atom. The molecule has 2 heterocycles. The number of anilines is 2. The van der Waals surface area contributed by atoms with Crippen LogP contribution >= 0.6 is 0 Å². The Hall–Kier alpha value is -5.23. The van der Waals surface area contributed by atoms with E-state index in [0.717, 1.165) is 18.2 Å². The Kier molecular flexibility index (Phi) is 9.61. The average Bonchev–Trinajstić information content (AvgIpc) is 3.49. The number of hydrogen-bond donors (Lipinski definition) is 1. The van der Waals surface area contributed by atoms with E-state index in [-0.39, 0.29) is 18.0 Å². The Balaban J connectivity index is 1.60. The summed E-state index contributed by atoms with van der Waals surface area (Å²) in [6.07, 6.45) is 0.226. The third kappa shape index (κ3) is 6.97. The number of rotatable bonds is 9. The first-order valence-corrected chi connectivity index (χ1v) is 15.0. The molecular weight excluding hydrogens is 609 g/mol. The summed E-state index contributed by atoms with van der Waals surface area (Å²) < 4.78 is 42.1. The minimum atomic E-state index is -4.65. The Bertz CT molecular complexity index is 1800. The molecule has 0 saturated heterocycles. The summed E-state index contributed by atoms with van der Waals surface area (Å²) in [5.41, 5.74) is 1.29. The average molecular weight is 645 g/mol. The highest BCUT2D eigenvalue weighted by Gasteiger charge is 2.44. The highest BCUT2D eigenvalue weighted by Crippen LogP contribution is 2.42. The quantitative estimate of drug-likeness (QED) is 0.251. The van der Waals surface area contributed by atoms with Gasteiger partial charge in [-0.1, -0.05) is 42.5 Å². The molecule has 0 radical (unpaired) electrons. The van der Waals surface area contributed by atoms with Crippen molar-refractivity contribution in [2.24, 2.45) is 0 Å². The summed E-state index contributed by atoms with van der Waals surface area (Å²) >= 11 is 0. The van der Waals surface area contributed by atoms with Crippen molar-refractivity contribution in [2.75, 3.05) is 44.0 Å². The lowest BCUT2D eigenvalue weighted by molar-refractivity contribution is -0.137. The third-order valence-corrected chi connectivity index (χ3v) is 7.96. The zero-order valence-electron chi connectivity index (χ0n) is 26.4. The smallest absolute Gasteiger partial charge is 0.339 e. The first-order chi connectivity index (χ1) is 22.4. The van der Waals surface area contributed by atoms with E-state index in [9.17, 15) is 27.6 Å². The van der Waals surface area contributed by atoms with E-state index in [1.807, 2.05) is 49.3 Å². The molecule has 0 unspecified atom stereocenters. The standard InChI is InChI=1S/C35H35F3N6O3/c1-5-43-33-28(22-39-44(33)26-15-7-6-8-16-26)30(23-12-10-17-27(21-23)42(4)29(45)18-11-19-41(2)3)31(34(43)47)40-32(46)24-13-9-14-25(20-24)35(36,37)38/h6-18,20-22,30-31H,5,19H2,1-4H3,(H,40,46)/b18-11+/t30-,31+/m0/s1. The van der Waals surface area contributed by atoms with Crippen molar-refractivity contribution in [1.29, 1.82) is 0 Å². The van der Waals surface area contributed by atoms with Gasteiger partial charge in [0.25, 0.3) is 11.8 Å². The van der Waals surface area contributed by atoms with Gasteiger partial charge in [0, 0.05) is 48.9 Å². The van der Waals surface area contributed by atoms with Crippen molar-refractivity contribution in [3.63, 3.8) is 0 Å². The van der Waals surface area contributed by atoms with Gasteiger partial charge >= 0.3 is 6.18 Å². The van der Waals surface area contributed by atoms with Gasteiger partial charge in [-0.25, -0.2) is 4.68 Å². The SMILES string of the molecule is CCN1C(=O)[C@H](NC(=O)c2cccc(C(F)(F)F)c2)[C@@H](c2cccc(N(C)C(=O)/C=C/CN(C)C)c2)c2cnn(-c3ccccc3)c21. The van der Waals surface area contributed by atoms with Crippen LogP contribution in [-0.4, -0.2) is 72.7 Å². The molecule has 1 aromatic heterocycles. The maximum atomic E-state index is 14.3. The molecule has 9 nitrogen and oxygen atoms in total. The molecule has 3 amide bonds. The van der Waals surface area contributed by atoms with Gasteiger partial charge in [0.2, 0.25) is 5.91 Å². The fourth-order valence-corrected chi connectivity index (χ4v) is 5.61. The molecule has 1 N–H and O–H groups in total. The predicted molar refractivity (Wildman–Crippen MR) is 174 cm³/mol. The number of benzene rings is 3. The van der Waals surface area contributed by atoms with E-state index < -0.39 is 35.5 Å². The molecule has 0 bridgehead atoms. The van der Waals surface area contributed by atoms with Crippen molar-refractivity contribution < 1.29 is 27.6 Å². The summed E-state index contributed by atoms with van der Waals surface area (Å²) in [4.78, 5) is 45.7. The number of aromatic nitrogens is 2. The third-order valence-electron chi connectivity index (χ3n) is 7.96. The molecule has 0 saturated carbocycles. The van der Waals surface area contributed by atoms with Crippen molar-refractivity contribution >= 4 is 29.2 Å². The van der Waals surface area contributed by atoms with Gasteiger partial charge in [0.05, 0.1) is 17.4 Å². The molecule has 3 aromatic carbocycles. The largest absolute Gasteiger partial charge is 0.416 e. The predicted octanol–water partition coefficient (Wildman–Crippen LogP) is 5.27. The minimum Gasteiger partial charge on any atom is -0.339 e. The van der Waals surface area contributed by atoms with Gasteiger partial charge in [-0.05, 0) is 69.0 Å². The van der Waals surface area contributed by atoms with Crippen LogP contribution in [-0.2, 0) is 15.8 Å². The second-order valence-corrected chi connectivity index (χ2v) is 11.4. The lowest BCUT2D eigenvalue weighted by atomic mass is 9.82. The van der Waals surface area contributed by atoms with Crippen LogP contribution in [0.25, 0.3) is 5.69 Å². The highest BCUT2D eigenvalue weighted by molar-refractivity contribution is 6.05. The number of para-hydroxylation sites is 1. The van der Waals surface area contributed by atoms with E-state index in [4.69, 9.17) is 0 Å². The number of likely N-dealkylation sites (N-methyl/N-ethyl adjacent to an activating group) is 3. The number of nitrogens with one attached hydrogen (secondary N) is 1. The lowest BCUT2D eigenvalue weighted by Crippen LogP contribution is -2.55. The van der Waals surface area contributed by atoms with Crippen LogP contribution < -0.4 is 15.1 Å². The number of halogens is 3. The molecule has 244 valence electrons. The molecule has 0 fully saturated rings. The minimum absolute atomic E-state index is 0.233. The second kappa shape index (κ2) is 13.6. The van der Waals surface area contributed by atoms with Crippen LogP contribution in [0.1, 0.15) is 39.9 Å². The van der Waals surface area contributed by atoms with Crippen LogP contribution in [0, 0.1) is 0 Å². The van der Waals surface area contributed by atoms with E-state index in [1.54, 1.807) is 55.2 Å². The van der Waals surface area contributed by atoms with Crippen molar-refractivity contribution in [3.05, 3.63) is 119 Å². The van der Waals surface area contributed by atoms with E-state index >= 15 is 0 Å². The molecule has 2 atom stereocenters. The van der Waals surface area contributed by atoms with Gasteiger partial charge in [0.15, 0.2) is 0 Å². The summed E-state index contributed by atoms with van der Waals surface area (Å²) in [5, 5.41) is 7.37. The molecular formula is C35H35F3N6O3. The number of alkyl halides is 3. The molecule has 5 rings (SSSR count). The summed E-state index contributed by atoms with van der Waals surface area (Å²) in [5.74, 6) is -1.82. The van der Waals surface area contributed by atoms with Crippen LogP contribution in [0.3, 0.4) is 0 Å². The number of amides is 3. The summed E-state index contributed by atoms with van der Waals surface area (Å²) in [6, 6.07) is 19.2. The van der Waals surface area contributed by atoms with Crippen molar-refractivity contribution in [3.8, 4) is 5.69 Å². The maximum absolute atomic E-state index is 14.3. The number of carbonyl (C=O) groups is 3. The monoisotopic (exact) mass is 644 g/mol. The van der Waals surface area contributed by atoms with Crippen molar-refractivity contribution in [1.82, 2.24) is 20.0 Å². The normalized spacial score (nSPS) is 16.4. The van der Waals surface area contributed by atoms with Gasteiger partial charge in [0.1, 0.15) is 11.9 Å². The maximum Gasteiger partial charge on any atom is 0.416 e. The number of carbonyl (C=O) groups excluding carboxylic acids is 3. The molecule has 12 heteroatoms. The van der Waals surface area contributed by atoms with Crippen LogP contribution in [0.2, 0.25) is 0 Å². The molecule has 0 aliphatic carbocycles. The molecule has 47 heavy (non-hydrogen) atoms. The van der Waals surface area contributed by atoms with Gasteiger partial charge in [-0.3, -0.25) is 19.3 Å². The van der Waals surface area contributed by atoms with E-state index in [0.29, 0.717) is 34.9 Å². The van der Waals surface area contributed by atoms with Crippen LogP contribution in [0.15, 0.2) is 97.2 Å². The molecule has 1 aliphatic heterocycles. The van der Waals surface area contributed by atoms with Gasteiger partial charge in [-0.2, -0.15) is 18.3 Å². The van der Waals surface area contributed by atoms with Gasteiger partial charge < -0.3 is 15.1 Å². The molecule has 4 aromatic rings. The Labute approximate surface area is 270 Å². The first-order valence-electron chi connectivity index (χ1n) is 15.0. The summed E-state index contributed by atoms with van der Waals surface area (Å²) in [7, 11) is 5.42. The van der Waals surface area contributed by atoms with Crippen molar-refractivity contribution in [2.45, 2.75) is 25.1 Å². The molecule has 1 aliphatic rings.